The fourth-order valence-corrected chi connectivity index (χ4v) is 3.07. The SMILES string of the molecule is COc1ccc(C(=O)NCCNS(=O)(=O)c2ccc([N+](=O)[O-])cc2)cc1. The Hall–Kier alpha value is -2.98. The molecule has 9 nitrogen and oxygen atoms in total. The minimum absolute atomic E-state index is 0.0266. The van der Waals surface area contributed by atoms with Crippen molar-refractivity contribution in [3.8, 4) is 5.75 Å². The first kappa shape index (κ1) is 19.3. The van der Waals surface area contributed by atoms with Crippen molar-refractivity contribution in [3.63, 3.8) is 0 Å². The molecule has 2 N–H and O–H groups in total. The number of carbonyl (C=O) groups excluding carboxylic acids is 1. The minimum Gasteiger partial charge on any atom is -0.497 e. The number of carbonyl (C=O) groups is 1. The van der Waals surface area contributed by atoms with Gasteiger partial charge in [-0.1, -0.05) is 0 Å². The number of benzene rings is 2. The molecule has 0 aliphatic heterocycles. The van der Waals surface area contributed by atoms with Crippen LogP contribution in [-0.4, -0.2) is 39.4 Å². The molecule has 0 bridgehead atoms. The molecule has 2 aromatic carbocycles. The van der Waals surface area contributed by atoms with Gasteiger partial charge in [-0.25, -0.2) is 13.1 Å². The molecule has 0 aliphatic carbocycles. The van der Waals surface area contributed by atoms with E-state index in [9.17, 15) is 23.3 Å². The van der Waals surface area contributed by atoms with E-state index in [1.807, 2.05) is 0 Å². The van der Waals surface area contributed by atoms with Gasteiger partial charge in [-0.05, 0) is 36.4 Å². The number of ether oxygens (including phenoxy) is 1. The molecular formula is C16H17N3O6S. The highest BCUT2D eigenvalue weighted by atomic mass is 32.2. The van der Waals surface area contributed by atoms with Gasteiger partial charge in [0.1, 0.15) is 5.75 Å². The Labute approximate surface area is 150 Å². The molecule has 2 aromatic rings. The first-order valence-electron chi connectivity index (χ1n) is 7.50. The van der Waals surface area contributed by atoms with E-state index in [0.29, 0.717) is 11.3 Å². The van der Waals surface area contributed by atoms with Crippen LogP contribution in [0.1, 0.15) is 10.4 Å². The summed E-state index contributed by atoms with van der Waals surface area (Å²) in [7, 11) is -2.29. The van der Waals surface area contributed by atoms with E-state index in [-0.39, 0.29) is 29.6 Å². The first-order chi connectivity index (χ1) is 12.3. The molecule has 0 atom stereocenters. The number of sulfonamides is 1. The minimum atomic E-state index is -3.81. The monoisotopic (exact) mass is 379 g/mol. The third-order valence-electron chi connectivity index (χ3n) is 3.41. The molecule has 2 rings (SSSR count). The highest BCUT2D eigenvalue weighted by Crippen LogP contribution is 2.15. The van der Waals surface area contributed by atoms with E-state index in [1.54, 1.807) is 24.3 Å². The Bertz CT molecular complexity index is 879. The molecule has 0 saturated heterocycles. The molecular weight excluding hydrogens is 362 g/mol. The van der Waals surface area contributed by atoms with Crippen molar-refractivity contribution >= 4 is 21.6 Å². The van der Waals surface area contributed by atoms with Crippen molar-refractivity contribution in [1.82, 2.24) is 10.0 Å². The van der Waals surface area contributed by atoms with Crippen LogP contribution in [0.3, 0.4) is 0 Å². The standard InChI is InChI=1S/C16H17N3O6S/c1-25-14-6-2-12(3-7-14)16(20)17-10-11-18-26(23,24)15-8-4-13(5-9-15)19(21)22/h2-9,18H,10-11H2,1H3,(H,17,20). The fourth-order valence-electron chi connectivity index (χ4n) is 2.04. The zero-order valence-corrected chi connectivity index (χ0v) is 14.7. The third kappa shape index (κ3) is 5.01. The van der Waals surface area contributed by atoms with Crippen molar-refractivity contribution in [3.05, 3.63) is 64.2 Å². The maximum atomic E-state index is 12.1. The summed E-state index contributed by atoms with van der Waals surface area (Å²) in [6.07, 6.45) is 0. The van der Waals surface area contributed by atoms with Crippen LogP contribution < -0.4 is 14.8 Å². The number of hydrogen-bond donors (Lipinski definition) is 2. The van der Waals surface area contributed by atoms with Crippen LogP contribution in [0.15, 0.2) is 53.4 Å². The quantitative estimate of drug-likeness (QED) is 0.404. The van der Waals surface area contributed by atoms with Gasteiger partial charge in [-0.3, -0.25) is 14.9 Å². The number of hydrogen-bond acceptors (Lipinski definition) is 6. The van der Waals surface area contributed by atoms with Gasteiger partial charge in [0.15, 0.2) is 0 Å². The first-order valence-corrected chi connectivity index (χ1v) is 8.98. The van der Waals surface area contributed by atoms with Crippen molar-refractivity contribution in [2.24, 2.45) is 0 Å². The number of nitro benzene ring substituents is 1. The molecule has 0 radical (unpaired) electrons. The van der Waals surface area contributed by atoms with Gasteiger partial charge in [0.05, 0.1) is 16.9 Å². The summed E-state index contributed by atoms with van der Waals surface area (Å²) in [4.78, 5) is 21.8. The molecule has 10 heteroatoms. The van der Waals surface area contributed by atoms with E-state index < -0.39 is 14.9 Å². The maximum absolute atomic E-state index is 12.1. The number of methoxy groups -OCH3 is 1. The second kappa shape index (κ2) is 8.41. The molecule has 26 heavy (non-hydrogen) atoms. The van der Waals surface area contributed by atoms with Crippen LogP contribution in [-0.2, 0) is 10.0 Å². The van der Waals surface area contributed by atoms with Crippen LogP contribution in [0.5, 0.6) is 5.75 Å². The number of rotatable bonds is 8. The Morgan fingerprint density at radius 3 is 2.23 bits per heavy atom. The zero-order valence-electron chi connectivity index (χ0n) is 13.8. The van der Waals surface area contributed by atoms with E-state index in [2.05, 4.69) is 10.0 Å². The van der Waals surface area contributed by atoms with Gasteiger partial charge < -0.3 is 10.1 Å². The van der Waals surface area contributed by atoms with Crippen molar-refractivity contribution in [2.45, 2.75) is 4.90 Å². The van der Waals surface area contributed by atoms with Crippen molar-refractivity contribution < 1.29 is 22.9 Å². The van der Waals surface area contributed by atoms with E-state index in [4.69, 9.17) is 4.74 Å². The predicted octanol–water partition coefficient (Wildman–Crippen LogP) is 1.31. The molecule has 0 fully saturated rings. The lowest BCUT2D eigenvalue weighted by molar-refractivity contribution is -0.384. The Morgan fingerprint density at radius 2 is 1.69 bits per heavy atom. The van der Waals surface area contributed by atoms with E-state index in [0.717, 1.165) is 24.3 Å². The summed E-state index contributed by atoms with van der Waals surface area (Å²) in [6, 6.07) is 11.0. The molecule has 0 saturated carbocycles. The third-order valence-corrected chi connectivity index (χ3v) is 4.89. The lowest BCUT2D eigenvalue weighted by atomic mass is 10.2. The van der Waals surface area contributed by atoms with Crippen molar-refractivity contribution in [2.75, 3.05) is 20.2 Å². The highest BCUT2D eigenvalue weighted by molar-refractivity contribution is 7.89. The van der Waals surface area contributed by atoms with E-state index >= 15 is 0 Å². The summed E-state index contributed by atoms with van der Waals surface area (Å²) in [5, 5.41) is 13.2. The Morgan fingerprint density at radius 1 is 1.08 bits per heavy atom. The normalized spacial score (nSPS) is 11.0. The average Bonchev–Trinajstić information content (AvgIpc) is 2.65. The highest BCUT2D eigenvalue weighted by Gasteiger charge is 2.15. The smallest absolute Gasteiger partial charge is 0.269 e. The molecule has 0 unspecified atom stereocenters. The Balaban J connectivity index is 1.85. The Kier molecular flexibility index (Phi) is 6.26. The zero-order chi connectivity index (χ0) is 19.2. The number of nitro groups is 1. The van der Waals surface area contributed by atoms with Gasteiger partial charge in [0.2, 0.25) is 10.0 Å². The fraction of sp³-hybridized carbons (Fsp3) is 0.188. The number of nitrogens with one attached hydrogen (secondary N) is 2. The lowest BCUT2D eigenvalue weighted by Gasteiger charge is -2.08. The molecule has 138 valence electrons. The molecule has 0 aromatic heterocycles. The van der Waals surface area contributed by atoms with Crippen LogP contribution in [0.4, 0.5) is 5.69 Å². The lowest BCUT2D eigenvalue weighted by Crippen LogP contribution is -2.34. The van der Waals surface area contributed by atoms with Gasteiger partial charge in [0.25, 0.3) is 11.6 Å². The summed E-state index contributed by atoms with van der Waals surface area (Å²) in [5.41, 5.74) is 0.222. The molecule has 1 amide bonds. The molecule has 0 aliphatic rings. The summed E-state index contributed by atoms with van der Waals surface area (Å²) >= 11 is 0. The van der Waals surface area contributed by atoms with Gasteiger partial charge >= 0.3 is 0 Å². The van der Waals surface area contributed by atoms with Gasteiger partial charge in [0, 0.05) is 30.8 Å². The average molecular weight is 379 g/mol. The second-order valence-corrected chi connectivity index (χ2v) is 6.90. The van der Waals surface area contributed by atoms with Gasteiger partial charge in [-0.2, -0.15) is 0 Å². The predicted molar refractivity (Wildman–Crippen MR) is 93.6 cm³/mol. The van der Waals surface area contributed by atoms with Crippen LogP contribution in [0.25, 0.3) is 0 Å². The molecule has 0 heterocycles. The molecule has 0 spiro atoms. The summed E-state index contributed by atoms with van der Waals surface area (Å²) < 4.78 is 31.5. The van der Waals surface area contributed by atoms with E-state index in [1.165, 1.54) is 7.11 Å². The van der Waals surface area contributed by atoms with Crippen LogP contribution in [0.2, 0.25) is 0 Å². The number of nitrogens with zero attached hydrogens (tertiary/aromatic N) is 1. The second-order valence-electron chi connectivity index (χ2n) is 5.13. The summed E-state index contributed by atoms with van der Waals surface area (Å²) in [5.74, 6) is 0.277. The largest absolute Gasteiger partial charge is 0.497 e. The van der Waals surface area contributed by atoms with Crippen LogP contribution in [0, 0.1) is 10.1 Å². The topological polar surface area (TPSA) is 128 Å². The van der Waals surface area contributed by atoms with Crippen molar-refractivity contribution in [1.29, 1.82) is 0 Å². The maximum Gasteiger partial charge on any atom is 0.269 e. The number of non-ortho nitro benzene ring substituents is 1. The van der Waals surface area contributed by atoms with Crippen LogP contribution >= 0.6 is 0 Å². The number of amides is 1. The summed E-state index contributed by atoms with van der Waals surface area (Å²) in [6.45, 7) is 0.0539. The van der Waals surface area contributed by atoms with Gasteiger partial charge in [-0.15, -0.1) is 0 Å².